The van der Waals surface area contributed by atoms with Crippen LogP contribution in [-0.4, -0.2) is 24.3 Å². The Labute approximate surface area is 105 Å². The Hall–Kier alpha value is -1.55. The minimum atomic E-state index is -0.647. The molecule has 1 atom stereocenters. The largest absolute Gasteiger partial charge is 0.497 e. The third kappa shape index (κ3) is 3.75. The van der Waals surface area contributed by atoms with E-state index in [1.54, 1.807) is 38.3 Å². The van der Waals surface area contributed by atoms with Gasteiger partial charge >= 0.3 is 0 Å². The van der Waals surface area contributed by atoms with Crippen LogP contribution in [0.15, 0.2) is 24.3 Å². The van der Waals surface area contributed by atoms with Gasteiger partial charge in [-0.15, -0.1) is 0 Å². The van der Waals surface area contributed by atoms with Crippen LogP contribution in [0, 0.1) is 0 Å². The maximum atomic E-state index is 11.8. The first-order valence-electron chi connectivity index (χ1n) is 5.22. The van der Waals surface area contributed by atoms with E-state index in [-0.39, 0.29) is 5.91 Å². The van der Waals surface area contributed by atoms with Gasteiger partial charge in [-0.3, -0.25) is 9.59 Å². The highest BCUT2D eigenvalue weighted by molar-refractivity contribution is 6.64. The summed E-state index contributed by atoms with van der Waals surface area (Å²) in [6.45, 7) is 1.78. The van der Waals surface area contributed by atoms with Gasteiger partial charge in [0.05, 0.1) is 7.11 Å². The van der Waals surface area contributed by atoms with E-state index in [1.165, 1.54) is 0 Å². The molecule has 0 aliphatic heterocycles. The average Bonchev–Trinajstić information content (AvgIpc) is 2.35. The molecular formula is C12H14ClNO3. The molecule has 1 aromatic carbocycles. The van der Waals surface area contributed by atoms with Crippen molar-refractivity contribution in [2.45, 2.75) is 19.4 Å². The number of methoxy groups -OCH3 is 1. The fourth-order valence-electron chi connectivity index (χ4n) is 1.30. The molecule has 0 radical (unpaired) electrons. The van der Waals surface area contributed by atoms with Gasteiger partial charge in [0.2, 0.25) is 5.24 Å². The van der Waals surface area contributed by atoms with Crippen molar-refractivity contribution in [2.75, 3.05) is 7.11 Å². The number of amides is 1. The standard InChI is InChI=1S/C12H14ClNO3/c1-3-10(11(13)15)14-12(16)8-4-6-9(17-2)7-5-8/h4-7,10H,3H2,1-2H3,(H,14,16). The minimum absolute atomic E-state index is 0.325. The highest BCUT2D eigenvalue weighted by Crippen LogP contribution is 2.11. The molecular weight excluding hydrogens is 242 g/mol. The average molecular weight is 256 g/mol. The Kier molecular flexibility index (Phi) is 4.97. The predicted molar refractivity (Wildman–Crippen MR) is 65.4 cm³/mol. The molecule has 4 nitrogen and oxygen atoms in total. The first-order chi connectivity index (χ1) is 8.08. The summed E-state index contributed by atoms with van der Waals surface area (Å²) < 4.78 is 4.98. The van der Waals surface area contributed by atoms with Crippen LogP contribution in [0.3, 0.4) is 0 Å². The van der Waals surface area contributed by atoms with Crippen molar-refractivity contribution in [3.05, 3.63) is 29.8 Å². The molecule has 1 N–H and O–H groups in total. The van der Waals surface area contributed by atoms with Crippen LogP contribution in [0.2, 0.25) is 0 Å². The van der Waals surface area contributed by atoms with Crippen LogP contribution in [0.25, 0.3) is 0 Å². The number of carbonyl (C=O) groups excluding carboxylic acids is 2. The van der Waals surface area contributed by atoms with Crippen molar-refractivity contribution in [3.63, 3.8) is 0 Å². The molecule has 1 rings (SSSR count). The van der Waals surface area contributed by atoms with Gasteiger partial charge in [-0.1, -0.05) is 6.92 Å². The smallest absolute Gasteiger partial charge is 0.251 e. The van der Waals surface area contributed by atoms with E-state index >= 15 is 0 Å². The number of nitrogens with one attached hydrogen (secondary N) is 1. The highest BCUT2D eigenvalue weighted by atomic mass is 35.5. The second-order valence-corrected chi connectivity index (χ2v) is 3.84. The quantitative estimate of drug-likeness (QED) is 0.819. The van der Waals surface area contributed by atoms with Crippen LogP contribution >= 0.6 is 11.6 Å². The zero-order valence-electron chi connectivity index (χ0n) is 9.70. The maximum absolute atomic E-state index is 11.8. The van der Waals surface area contributed by atoms with Gasteiger partial charge in [0.15, 0.2) is 0 Å². The third-order valence-corrected chi connectivity index (χ3v) is 2.60. The molecule has 1 unspecified atom stereocenters. The van der Waals surface area contributed by atoms with Gasteiger partial charge in [0.25, 0.3) is 5.91 Å². The zero-order valence-corrected chi connectivity index (χ0v) is 10.5. The number of carbonyl (C=O) groups is 2. The summed E-state index contributed by atoms with van der Waals surface area (Å²) in [4.78, 5) is 22.7. The summed E-state index contributed by atoms with van der Waals surface area (Å²) in [5, 5.41) is 2.00. The fraction of sp³-hybridized carbons (Fsp3) is 0.333. The lowest BCUT2D eigenvalue weighted by atomic mass is 10.1. The number of ether oxygens (including phenoxy) is 1. The van der Waals surface area contributed by atoms with Gasteiger partial charge in [-0.2, -0.15) is 0 Å². The van der Waals surface area contributed by atoms with Gasteiger partial charge in [0.1, 0.15) is 11.8 Å². The van der Waals surface area contributed by atoms with Crippen molar-refractivity contribution >= 4 is 22.8 Å². The Morgan fingerprint density at radius 3 is 2.35 bits per heavy atom. The van der Waals surface area contributed by atoms with Crippen molar-refractivity contribution < 1.29 is 14.3 Å². The maximum Gasteiger partial charge on any atom is 0.251 e. The third-order valence-electron chi connectivity index (χ3n) is 2.34. The summed E-state index contributed by atoms with van der Waals surface area (Å²) in [5.41, 5.74) is 0.460. The topological polar surface area (TPSA) is 55.4 Å². The first-order valence-corrected chi connectivity index (χ1v) is 5.60. The van der Waals surface area contributed by atoms with E-state index in [4.69, 9.17) is 16.3 Å². The molecule has 17 heavy (non-hydrogen) atoms. The SMILES string of the molecule is CCC(NC(=O)c1ccc(OC)cc1)C(=O)Cl. The lowest BCUT2D eigenvalue weighted by Crippen LogP contribution is -2.38. The van der Waals surface area contributed by atoms with E-state index in [2.05, 4.69) is 5.32 Å². The number of hydrogen-bond acceptors (Lipinski definition) is 3. The summed E-state index contributed by atoms with van der Waals surface area (Å²) in [7, 11) is 1.55. The van der Waals surface area contributed by atoms with E-state index in [9.17, 15) is 9.59 Å². The van der Waals surface area contributed by atoms with Gasteiger partial charge in [-0.25, -0.2) is 0 Å². The molecule has 0 saturated carbocycles. The minimum Gasteiger partial charge on any atom is -0.497 e. The summed E-state index contributed by atoms with van der Waals surface area (Å²) >= 11 is 5.35. The molecule has 0 spiro atoms. The van der Waals surface area contributed by atoms with Crippen LogP contribution in [-0.2, 0) is 4.79 Å². The normalized spacial score (nSPS) is 11.7. The molecule has 1 amide bonds. The van der Waals surface area contributed by atoms with Crippen molar-refractivity contribution in [1.29, 1.82) is 0 Å². The predicted octanol–water partition coefficient (Wildman–Crippen LogP) is 1.97. The number of hydrogen-bond donors (Lipinski definition) is 1. The summed E-state index contributed by atoms with van der Waals surface area (Å²) in [6, 6.07) is 5.96. The lowest BCUT2D eigenvalue weighted by molar-refractivity contribution is -0.113. The molecule has 0 heterocycles. The van der Waals surface area contributed by atoms with Crippen LogP contribution in [0.4, 0.5) is 0 Å². The summed E-state index contributed by atoms with van der Waals surface area (Å²) in [5.74, 6) is 0.343. The molecule has 0 fully saturated rings. The van der Waals surface area contributed by atoms with Gasteiger partial charge in [0, 0.05) is 5.56 Å². The molecule has 1 aromatic rings. The molecule has 0 bridgehead atoms. The van der Waals surface area contributed by atoms with E-state index in [0.29, 0.717) is 17.7 Å². The van der Waals surface area contributed by atoms with Crippen LogP contribution in [0.5, 0.6) is 5.75 Å². The fourth-order valence-corrected chi connectivity index (χ4v) is 1.51. The Balaban J connectivity index is 2.72. The van der Waals surface area contributed by atoms with Crippen molar-refractivity contribution in [2.24, 2.45) is 0 Å². The first kappa shape index (κ1) is 13.5. The number of rotatable bonds is 5. The molecule has 0 aromatic heterocycles. The van der Waals surface area contributed by atoms with Gasteiger partial charge < -0.3 is 10.1 Å². The molecule has 0 aliphatic carbocycles. The van der Waals surface area contributed by atoms with E-state index < -0.39 is 11.3 Å². The molecule has 0 aliphatic rings. The van der Waals surface area contributed by atoms with Crippen LogP contribution in [0.1, 0.15) is 23.7 Å². The Bertz CT molecular complexity index is 403. The second kappa shape index (κ2) is 6.25. The van der Waals surface area contributed by atoms with E-state index in [1.807, 2.05) is 0 Å². The molecule has 92 valence electrons. The lowest BCUT2D eigenvalue weighted by Gasteiger charge is -2.12. The Morgan fingerprint density at radius 1 is 1.35 bits per heavy atom. The van der Waals surface area contributed by atoms with E-state index in [0.717, 1.165) is 0 Å². The molecule has 5 heteroatoms. The van der Waals surface area contributed by atoms with Crippen molar-refractivity contribution in [1.82, 2.24) is 5.32 Å². The van der Waals surface area contributed by atoms with Crippen LogP contribution < -0.4 is 10.1 Å². The van der Waals surface area contributed by atoms with Crippen molar-refractivity contribution in [3.8, 4) is 5.75 Å². The van der Waals surface area contributed by atoms with Gasteiger partial charge in [-0.05, 0) is 42.3 Å². The number of halogens is 1. The molecule has 0 saturated heterocycles. The monoisotopic (exact) mass is 255 g/mol. The highest BCUT2D eigenvalue weighted by Gasteiger charge is 2.17. The summed E-state index contributed by atoms with van der Waals surface area (Å²) in [6.07, 6.45) is 0.463. The second-order valence-electron chi connectivity index (χ2n) is 3.47. The zero-order chi connectivity index (χ0) is 12.8. The number of benzene rings is 1. The Morgan fingerprint density at radius 2 is 1.94 bits per heavy atom.